The molecular formula is C33H36F2N6O3. The van der Waals surface area contributed by atoms with E-state index in [-0.39, 0.29) is 51.0 Å². The Labute approximate surface area is 255 Å². The summed E-state index contributed by atoms with van der Waals surface area (Å²) in [6, 6.07) is 12.0. The quantitative estimate of drug-likeness (QED) is 0.289. The number of amides is 1. The van der Waals surface area contributed by atoms with E-state index in [0.717, 1.165) is 27.6 Å². The third-order valence-corrected chi connectivity index (χ3v) is 8.97. The standard InChI is InChI=1S/C33H36F2N6O3/c1-20-7-5-8-22-9-6-10-26(30(20)22)29-14-28-27(19-43-29)31(38-33(37-28)44-18-24-13-23(35)16-39(24)4)40-11-12-41(32(42)21(2)34)25(17-40)15-36-3/h5-10,23-25,29H,2,11-19H2,1,4H3/t23-,24-,25-,29?/m0/s1. The molecule has 3 aromatic rings. The molecule has 2 fully saturated rings. The van der Waals surface area contributed by atoms with Crippen molar-refractivity contribution in [1.82, 2.24) is 19.8 Å². The average Bonchev–Trinajstić information content (AvgIpc) is 3.35. The molecule has 0 saturated carbocycles. The Morgan fingerprint density at radius 3 is 2.70 bits per heavy atom. The van der Waals surface area contributed by atoms with Crippen LogP contribution in [0.15, 0.2) is 48.8 Å². The number of anilines is 1. The van der Waals surface area contributed by atoms with E-state index in [1.165, 1.54) is 10.5 Å². The van der Waals surface area contributed by atoms with Crippen LogP contribution >= 0.6 is 0 Å². The zero-order valence-electron chi connectivity index (χ0n) is 25.0. The lowest BCUT2D eigenvalue weighted by atomic mass is 9.92. The van der Waals surface area contributed by atoms with E-state index < -0.39 is 23.9 Å². The molecule has 0 radical (unpaired) electrons. The average molecular weight is 603 g/mol. The smallest absolute Gasteiger partial charge is 0.318 e. The fourth-order valence-electron chi connectivity index (χ4n) is 6.70. The first-order valence-electron chi connectivity index (χ1n) is 14.9. The van der Waals surface area contributed by atoms with E-state index in [9.17, 15) is 13.6 Å². The molecule has 230 valence electrons. The first-order valence-corrected chi connectivity index (χ1v) is 14.9. The molecule has 2 saturated heterocycles. The number of benzene rings is 2. The van der Waals surface area contributed by atoms with Gasteiger partial charge in [0.1, 0.15) is 24.6 Å². The molecule has 1 aromatic heterocycles. The summed E-state index contributed by atoms with van der Waals surface area (Å²) in [4.78, 5) is 31.0. The van der Waals surface area contributed by atoms with Crippen LogP contribution in [0.25, 0.3) is 15.6 Å². The SMILES string of the molecule is [C-]#[N+]C[C@H]1CN(c2nc(OC[C@@H]3C[C@H](F)CN3C)nc3c2COC(c2cccc4cccc(C)c24)C3)CCN1C(=O)C(=C)F. The molecule has 11 heteroatoms. The summed E-state index contributed by atoms with van der Waals surface area (Å²) in [5, 5.41) is 2.31. The first-order chi connectivity index (χ1) is 21.2. The molecule has 4 atom stereocenters. The van der Waals surface area contributed by atoms with Gasteiger partial charge >= 0.3 is 6.01 Å². The maximum absolute atomic E-state index is 14.0. The predicted molar refractivity (Wildman–Crippen MR) is 163 cm³/mol. The lowest BCUT2D eigenvalue weighted by molar-refractivity contribution is -0.131. The molecule has 1 amide bonds. The van der Waals surface area contributed by atoms with Crippen molar-refractivity contribution in [2.75, 3.05) is 51.3 Å². The number of aromatic nitrogens is 2. The van der Waals surface area contributed by atoms with E-state index in [4.69, 9.17) is 26.0 Å². The molecule has 44 heavy (non-hydrogen) atoms. The number of hydrogen-bond acceptors (Lipinski definition) is 7. The van der Waals surface area contributed by atoms with E-state index in [2.05, 4.69) is 42.6 Å². The Balaban J connectivity index is 1.34. The highest BCUT2D eigenvalue weighted by atomic mass is 19.1. The lowest BCUT2D eigenvalue weighted by Gasteiger charge is -2.40. The molecule has 6 rings (SSSR count). The molecule has 4 heterocycles. The maximum Gasteiger partial charge on any atom is 0.318 e. The third kappa shape index (κ3) is 5.84. The summed E-state index contributed by atoms with van der Waals surface area (Å²) >= 11 is 0. The van der Waals surface area contributed by atoms with Crippen LogP contribution in [-0.4, -0.2) is 90.3 Å². The number of likely N-dealkylation sites (N-methyl/N-ethyl adjacent to an activating group) is 1. The molecule has 0 bridgehead atoms. The largest absolute Gasteiger partial charge is 0.462 e. The van der Waals surface area contributed by atoms with Gasteiger partial charge < -0.3 is 24.1 Å². The molecule has 2 aromatic carbocycles. The summed E-state index contributed by atoms with van der Waals surface area (Å²) in [7, 11) is 1.88. The first kappa shape index (κ1) is 29.9. The second-order valence-electron chi connectivity index (χ2n) is 11.9. The molecule has 0 spiro atoms. The van der Waals surface area contributed by atoms with Crippen LogP contribution in [0.4, 0.5) is 14.6 Å². The van der Waals surface area contributed by atoms with Gasteiger partial charge in [-0.05, 0) is 42.3 Å². The van der Waals surface area contributed by atoms with Crippen LogP contribution in [0.1, 0.15) is 34.9 Å². The fourth-order valence-corrected chi connectivity index (χ4v) is 6.70. The summed E-state index contributed by atoms with van der Waals surface area (Å²) in [6.07, 6.45) is -0.250. The molecule has 9 nitrogen and oxygen atoms in total. The highest BCUT2D eigenvalue weighted by Crippen LogP contribution is 2.38. The highest BCUT2D eigenvalue weighted by Gasteiger charge is 2.37. The number of hydrogen-bond donors (Lipinski definition) is 0. The zero-order valence-corrected chi connectivity index (χ0v) is 25.0. The van der Waals surface area contributed by atoms with Gasteiger partial charge in [-0.25, -0.2) is 15.4 Å². The minimum absolute atomic E-state index is 0.0174. The van der Waals surface area contributed by atoms with Crippen LogP contribution in [-0.2, 0) is 22.6 Å². The van der Waals surface area contributed by atoms with Crippen LogP contribution in [0.2, 0.25) is 0 Å². The van der Waals surface area contributed by atoms with Crippen molar-refractivity contribution in [3.63, 3.8) is 0 Å². The fraction of sp³-hybridized carbons (Fsp3) is 0.455. The summed E-state index contributed by atoms with van der Waals surface area (Å²) in [5.41, 5.74) is 3.88. The summed E-state index contributed by atoms with van der Waals surface area (Å²) in [5.74, 6) is -1.23. The Morgan fingerprint density at radius 2 is 1.98 bits per heavy atom. The van der Waals surface area contributed by atoms with E-state index in [1.807, 2.05) is 29.0 Å². The van der Waals surface area contributed by atoms with E-state index >= 15 is 0 Å². The Kier molecular flexibility index (Phi) is 8.47. The number of halogens is 2. The van der Waals surface area contributed by atoms with Crippen molar-refractivity contribution in [3.05, 3.63) is 82.6 Å². The minimum atomic E-state index is -1.04. The summed E-state index contributed by atoms with van der Waals surface area (Å²) in [6.45, 7) is 14.5. The second kappa shape index (κ2) is 12.5. The number of alkyl halides is 1. The monoisotopic (exact) mass is 602 g/mol. The number of likely N-dealkylation sites (tertiary alicyclic amines) is 1. The van der Waals surface area contributed by atoms with E-state index in [1.54, 1.807) is 0 Å². The van der Waals surface area contributed by atoms with Crippen LogP contribution in [0, 0.1) is 13.5 Å². The predicted octanol–water partition coefficient (Wildman–Crippen LogP) is 4.59. The van der Waals surface area contributed by atoms with Crippen molar-refractivity contribution in [1.29, 1.82) is 0 Å². The number of rotatable bonds is 7. The van der Waals surface area contributed by atoms with Crippen LogP contribution in [0.3, 0.4) is 0 Å². The van der Waals surface area contributed by atoms with Crippen molar-refractivity contribution < 1.29 is 23.0 Å². The maximum atomic E-state index is 14.0. The Hall–Kier alpha value is -4.14. The number of nitrogens with zero attached hydrogens (tertiary/aromatic N) is 6. The minimum Gasteiger partial charge on any atom is -0.462 e. The number of ether oxygens (including phenoxy) is 2. The number of carbonyl (C=O) groups excluding carboxylic acids is 1. The summed E-state index contributed by atoms with van der Waals surface area (Å²) < 4.78 is 40.5. The van der Waals surface area contributed by atoms with Crippen molar-refractivity contribution in [3.8, 4) is 6.01 Å². The van der Waals surface area contributed by atoms with Gasteiger partial charge in [0.25, 0.3) is 5.91 Å². The lowest BCUT2D eigenvalue weighted by Crippen LogP contribution is -2.57. The number of carbonyl (C=O) groups is 1. The van der Waals surface area contributed by atoms with E-state index in [0.29, 0.717) is 31.7 Å². The van der Waals surface area contributed by atoms with Crippen molar-refractivity contribution >= 4 is 22.5 Å². The van der Waals surface area contributed by atoms with Gasteiger partial charge in [-0.2, -0.15) is 9.97 Å². The third-order valence-electron chi connectivity index (χ3n) is 8.97. The number of aryl methyl sites for hydroxylation is 1. The molecule has 0 N–H and O–H groups in total. The normalized spacial score (nSPS) is 23.8. The molecule has 3 aliphatic rings. The van der Waals surface area contributed by atoms with Crippen LogP contribution in [0.5, 0.6) is 6.01 Å². The Bertz CT molecular complexity index is 1620. The van der Waals surface area contributed by atoms with Gasteiger partial charge in [0.2, 0.25) is 6.54 Å². The molecule has 0 aliphatic carbocycles. The number of fused-ring (bicyclic) bond motifs is 2. The molecule has 1 unspecified atom stereocenters. The van der Waals surface area contributed by atoms with Gasteiger partial charge in [-0.3, -0.25) is 9.69 Å². The Morgan fingerprint density at radius 1 is 1.18 bits per heavy atom. The highest BCUT2D eigenvalue weighted by molar-refractivity contribution is 5.91. The van der Waals surface area contributed by atoms with Gasteiger partial charge in [-0.15, -0.1) is 0 Å². The van der Waals surface area contributed by atoms with Gasteiger partial charge in [0, 0.05) is 44.2 Å². The van der Waals surface area contributed by atoms with Gasteiger partial charge in [0.15, 0.2) is 5.83 Å². The second-order valence-corrected chi connectivity index (χ2v) is 11.9. The number of piperazine rings is 1. The molecule has 3 aliphatic heterocycles. The van der Waals surface area contributed by atoms with Crippen LogP contribution < -0.4 is 9.64 Å². The van der Waals surface area contributed by atoms with Crippen molar-refractivity contribution in [2.45, 2.75) is 50.7 Å². The topological polar surface area (TPSA) is 75.4 Å². The zero-order chi connectivity index (χ0) is 31.0. The van der Waals surface area contributed by atoms with Gasteiger partial charge in [0.05, 0.1) is 18.4 Å². The van der Waals surface area contributed by atoms with Crippen molar-refractivity contribution in [2.24, 2.45) is 0 Å². The van der Waals surface area contributed by atoms with Gasteiger partial charge in [-0.1, -0.05) is 43.0 Å². The molecular weight excluding hydrogens is 566 g/mol.